The highest BCUT2D eigenvalue weighted by Crippen LogP contribution is 2.22. The second-order valence-corrected chi connectivity index (χ2v) is 5.34. The summed E-state index contributed by atoms with van der Waals surface area (Å²) in [4.78, 5) is 4.38. The summed E-state index contributed by atoms with van der Waals surface area (Å²) in [5.74, 6) is 1.14. The second-order valence-electron chi connectivity index (χ2n) is 5.34. The molecular formula is C18H24IN3O. The molecule has 3 N–H and O–H groups in total. The lowest BCUT2D eigenvalue weighted by Gasteiger charge is -2.10. The Labute approximate surface area is 155 Å². The van der Waals surface area contributed by atoms with Gasteiger partial charge in [0, 0.05) is 6.54 Å². The van der Waals surface area contributed by atoms with Gasteiger partial charge < -0.3 is 15.8 Å². The van der Waals surface area contributed by atoms with Gasteiger partial charge in [0.05, 0.1) is 12.8 Å². The van der Waals surface area contributed by atoms with E-state index in [-0.39, 0.29) is 24.0 Å². The fourth-order valence-electron chi connectivity index (χ4n) is 2.44. The Kier molecular flexibility index (Phi) is 7.88. The number of nitrogens with one attached hydrogen (secondary N) is 1. The highest BCUT2D eigenvalue weighted by molar-refractivity contribution is 14.0. The van der Waals surface area contributed by atoms with Gasteiger partial charge in [-0.2, -0.15) is 0 Å². The van der Waals surface area contributed by atoms with Crippen LogP contribution in [0.5, 0.6) is 5.75 Å². The first-order chi connectivity index (χ1) is 10.6. The molecule has 0 bridgehead atoms. The Morgan fingerprint density at radius 3 is 2.43 bits per heavy atom. The van der Waals surface area contributed by atoms with Gasteiger partial charge in [-0.05, 0) is 38.0 Å². The predicted octanol–water partition coefficient (Wildman–Crippen LogP) is 3.90. The molecule has 0 spiro atoms. The van der Waals surface area contributed by atoms with Crippen molar-refractivity contribution in [1.29, 1.82) is 0 Å². The SMILES string of the molecule is COc1ccccc1NC(N)=NCCc1cc(C)cc(C)c1.I. The lowest BCUT2D eigenvalue weighted by Crippen LogP contribution is -2.23. The minimum Gasteiger partial charge on any atom is -0.495 e. The number of methoxy groups -OCH3 is 1. The van der Waals surface area contributed by atoms with Crippen molar-refractivity contribution in [1.82, 2.24) is 0 Å². The summed E-state index contributed by atoms with van der Waals surface area (Å²) in [7, 11) is 1.63. The number of hydrogen-bond acceptors (Lipinski definition) is 2. The van der Waals surface area contributed by atoms with Gasteiger partial charge in [0.15, 0.2) is 5.96 Å². The number of nitrogens with zero attached hydrogens (tertiary/aromatic N) is 1. The average Bonchev–Trinajstić information content (AvgIpc) is 2.46. The molecule has 0 aliphatic carbocycles. The molecule has 4 nitrogen and oxygen atoms in total. The van der Waals surface area contributed by atoms with Crippen molar-refractivity contribution in [2.45, 2.75) is 20.3 Å². The van der Waals surface area contributed by atoms with Crippen molar-refractivity contribution in [3.8, 4) is 5.75 Å². The van der Waals surface area contributed by atoms with Crippen LogP contribution < -0.4 is 15.8 Å². The van der Waals surface area contributed by atoms with E-state index in [4.69, 9.17) is 10.5 Å². The zero-order valence-corrected chi connectivity index (χ0v) is 16.1. The van der Waals surface area contributed by atoms with Crippen LogP contribution in [0.2, 0.25) is 0 Å². The number of para-hydroxylation sites is 2. The Hall–Kier alpha value is -1.76. The quantitative estimate of drug-likeness (QED) is 0.434. The third-order valence-corrected chi connectivity index (χ3v) is 3.33. The molecule has 0 aliphatic rings. The van der Waals surface area contributed by atoms with Gasteiger partial charge in [-0.1, -0.05) is 41.5 Å². The highest BCUT2D eigenvalue weighted by atomic mass is 127. The van der Waals surface area contributed by atoms with Crippen molar-refractivity contribution < 1.29 is 4.74 Å². The maximum absolute atomic E-state index is 5.94. The molecular weight excluding hydrogens is 401 g/mol. The van der Waals surface area contributed by atoms with Crippen molar-refractivity contribution in [2.24, 2.45) is 10.7 Å². The molecule has 0 aromatic heterocycles. The lowest BCUT2D eigenvalue weighted by atomic mass is 10.1. The molecule has 2 aromatic carbocycles. The van der Waals surface area contributed by atoms with Crippen molar-refractivity contribution in [3.63, 3.8) is 0 Å². The first-order valence-corrected chi connectivity index (χ1v) is 7.35. The number of benzene rings is 2. The molecule has 0 saturated heterocycles. The molecule has 2 aromatic rings. The molecule has 0 atom stereocenters. The third-order valence-electron chi connectivity index (χ3n) is 3.33. The zero-order chi connectivity index (χ0) is 15.9. The van der Waals surface area contributed by atoms with E-state index in [2.05, 4.69) is 42.4 Å². The fourth-order valence-corrected chi connectivity index (χ4v) is 2.44. The summed E-state index contributed by atoms with van der Waals surface area (Å²) in [6.07, 6.45) is 0.872. The minimum atomic E-state index is 0. The van der Waals surface area contributed by atoms with Crippen LogP contribution >= 0.6 is 24.0 Å². The van der Waals surface area contributed by atoms with E-state index in [0.29, 0.717) is 12.5 Å². The van der Waals surface area contributed by atoms with E-state index in [1.54, 1.807) is 7.11 Å². The number of hydrogen-bond donors (Lipinski definition) is 2. The van der Waals surface area contributed by atoms with Gasteiger partial charge in [-0.3, -0.25) is 4.99 Å². The molecule has 23 heavy (non-hydrogen) atoms. The first kappa shape index (κ1) is 19.3. The summed E-state index contributed by atoms with van der Waals surface area (Å²) in [6, 6.07) is 14.2. The van der Waals surface area contributed by atoms with E-state index in [1.807, 2.05) is 24.3 Å². The Morgan fingerprint density at radius 2 is 1.78 bits per heavy atom. The third kappa shape index (κ3) is 6.09. The normalized spacial score (nSPS) is 10.8. The van der Waals surface area contributed by atoms with E-state index >= 15 is 0 Å². The van der Waals surface area contributed by atoms with Crippen LogP contribution in [0.1, 0.15) is 16.7 Å². The largest absolute Gasteiger partial charge is 0.495 e. The number of ether oxygens (including phenoxy) is 1. The predicted molar refractivity (Wildman–Crippen MR) is 108 cm³/mol. The molecule has 2 rings (SSSR count). The monoisotopic (exact) mass is 425 g/mol. The van der Waals surface area contributed by atoms with E-state index in [1.165, 1.54) is 16.7 Å². The zero-order valence-electron chi connectivity index (χ0n) is 13.8. The van der Waals surface area contributed by atoms with Crippen LogP contribution in [0.4, 0.5) is 5.69 Å². The van der Waals surface area contributed by atoms with E-state index in [9.17, 15) is 0 Å². The van der Waals surface area contributed by atoms with Gasteiger partial charge in [0.2, 0.25) is 0 Å². The molecule has 0 unspecified atom stereocenters. The Bertz CT molecular complexity index is 651. The number of anilines is 1. The molecule has 5 heteroatoms. The minimum absolute atomic E-state index is 0. The van der Waals surface area contributed by atoms with E-state index in [0.717, 1.165) is 17.9 Å². The first-order valence-electron chi connectivity index (χ1n) is 7.35. The van der Waals surface area contributed by atoms with Crippen LogP contribution in [-0.4, -0.2) is 19.6 Å². The van der Waals surface area contributed by atoms with Gasteiger partial charge in [0.1, 0.15) is 5.75 Å². The number of aryl methyl sites for hydroxylation is 2. The molecule has 124 valence electrons. The van der Waals surface area contributed by atoms with Crippen LogP contribution in [0.25, 0.3) is 0 Å². The van der Waals surface area contributed by atoms with E-state index < -0.39 is 0 Å². The van der Waals surface area contributed by atoms with Gasteiger partial charge in [-0.25, -0.2) is 0 Å². The summed E-state index contributed by atoms with van der Waals surface area (Å²) in [5, 5.41) is 3.07. The number of nitrogens with two attached hydrogens (primary N) is 1. The molecule has 0 saturated carbocycles. The lowest BCUT2D eigenvalue weighted by molar-refractivity contribution is 0.417. The Balaban J connectivity index is 0.00000264. The smallest absolute Gasteiger partial charge is 0.193 e. The van der Waals surface area contributed by atoms with Crippen molar-refractivity contribution in [2.75, 3.05) is 19.0 Å². The number of halogens is 1. The van der Waals surface area contributed by atoms with Crippen LogP contribution in [0.15, 0.2) is 47.5 Å². The number of rotatable bonds is 5. The number of guanidine groups is 1. The summed E-state index contributed by atoms with van der Waals surface area (Å²) >= 11 is 0. The molecule has 0 amide bonds. The van der Waals surface area contributed by atoms with Gasteiger partial charge in [0.25, 0.3) is 0 Å². The maximum atomic E-state index is 5.94. The molecule has 0 fully saturated rings. The van der Waals surface area contributed by atoms with Crippen molar-refractivity contribution >= 4 is 35.6 Å². The van der Waals surface area contributed by atoms with Crippen molar-refractivity contribution in [3.05, 3.63) is 59.2 Å². The molecule has 0 aliphatic heterocycles. The molecule has 0 radical (unpaired) electrons. The summed E-state index contributed by atoms with van der Waals surface area (Å²) < 4.78 is 5.27. The number of aliphatic imine (C=N–C) groups is 1. The van der Waals surface area contributed by atoms with Crippen LogP contribution in [0.3, 0.4) is 0 Å². The topological polar surface area (TPSA) is 59.6 Å². The van der Waals surface area contributed by atoms with Crippen LogP contribution in [0, 0.1) is 13.8 Å². The fraction of sp³-hybridized carbons (Fsp3) is 0.278. The average molecular weight is 425 g/mol. The van der Waals surface area contributed by atoms with Gasteiger partial charge in [-0.15, -0.1) is 24.0 Å². The second kappa shape index (κ2) is 9.39. The maximum Gasteiger partial charge on any atom is 0.193 e. The van der Waals surface area contributed by atoms with Crippen LogP contribution in [-0.2, 0) is 6.42 Å². The summed E-state index contributed by atoms with van der Waals surface area (Å²) in [5.41, 5.74) is 10.6. The standard InChI is InChI=1S/C18H23N3O.HI/c1-13-10-14(2)12-15(11-13)8-9-20-18(19)21-16-6-4-5-7-17(16)22-3;/h4-7,10-12H,8-9H2,1-3H3,(H3,19,20,21);1H. The summed E-state index contributed by atoms with van der Waals surface area (Å²) in [6.45, 7) is 4.87. The van der Waals surface area contributed by atoms with Gasteiger partial charge >= 0.3 is 0 Å². The highest BCUT2D eigenvalue weighted by Gasteiger charge is 2.02. The molecule has 0 heterocycles. The Morgan fingerprint density at radius 1 is 1.13 bits per heavy atom.